The number of carbonyl (C=O) groups is 1. The number of hydrogen-bond acceptors (Lipinski definition) is 4. The van der Waals surface area contributed by atoms with Crippen LogP contribution in [0.4, 0.5) is 0 Å². The van der Waals surface area contributed by atoms with E-state index in [0.717, 1.165) is 30.3 Å². The Hall–Kier alpha value is -1.72. The van der Waals surface area contributed by atoms with E-state index in [1.807, 2.05) is 12.3 Å². The molecule has 4 atom stereocenters. The van der Waals surface area contributed by atoms with Crippen LogP contribution >= 0.6 is 11.3 Å². The Morgan fingerprint density at radius 1 is 1.17 bits per heavy atom. The number of likely N-dealkylation sites (tertiary alicyclic amines) is 1. The number of hydrogen-bond donors (Lipinski definition) is 0. The summed E-state index contributed by atoms with van der Waals surface area (Å²) >= 11 is 1.64. The quantitative estimate of drug-likeness (QED) is 0.767. The smallest absolute Gasteiger partial charge is 0.228 e. The Balaban J connectivity index is 1.26. The second-order valence-electron chi connectivity index (χ2n) is 9.23. The van der Waals surface area contributed by atoms with E-state index < -0.39 is 0 Å². The van der Waals surface area contributed by atoms with E-state index in [-0.39, 0.29) is 5.91 Å². The fraction of sp³-hybridized carbons (Fsp3) is 0.583. The van der Waals surface area contributed by atoms with E-state index in [2.05, 4.69) is 45.1 Å². The molecule has 3 aliphatic heterocycles. The number of piperidine rings is 3. The predicted molar refractivity (Wildman–Crippen MR) is 117 cm³/mol. The Bertz CT molecular complexity index is 851. The maximum atomic E-state index is 13.0. The van der Waals surface area contributed by atoms with Gasteiger partial charge in [-0.25, -0.2) is 4.98 Å². The molecule has 0 spiro atoms. The first-order valence-electron chi connectivity index (χ1n) is 11.1. The molecule has 5 heteroatoms. The van der Waals surface area contributed by atoms with Crippen molar-refractivity contribution in [3.05, 3.63) is 52.0 Å². The van der Waals surface area contributed by atoms with Gasteiger partial charge in [0, 0.05) is 37.1 Å². The van der Waals surface area contributed by atoms with Crippen molar-refractivity contribution >= 4 is 17.2 Å². The van der Waals surface area contributed by atoms with Crippen LogP contribution in [-0.4, -0.2) is 52.4 Å². The average molecular weight is 410 g/mol. The molecule has 3 saturated heterocycles. The number of carbonyl (C=O) groups excluding carboxylic acids is 1. The molecule has 2 aromatic rings. The summed E-state index contributed by atoms with van der Waals surface area (Å²) in [5.41, 5.74) is 2.40. The van der Waals surface area contributed by atoms with Crippen molar-refractivity contribution in [2.45, 2.75) is 57.5 Å². The lowest BCUT2D eigenvalue weighted by Gasteiger charge is -2.55. The van der Waals surface area contributed by atoms with E-state index in [4.69, 9.17) is 0 Å². The third-order valence-electron chi connectivity index (χ3n) is 7.18. The Morgan fingerprint density at radius 2 is 2.03 bits per heavy atom. The van der Waals surface area contributed by atoms with Gasteiger partial charge in [-0.1, -0.05) is 36.8 Å². The van der Waals surface area contributed by atoms with Crippen molar-refractivity contribution in [2.75, 3.05) is 19.6 Å². The highest BCUT2D eigenvalue weighted by Crippen LogP contribution is 2.40. The van der Waals surface area contributed by atoms with E-state index in [1.165, 1.54) is 37.7 Å². The fourth-order valence-corrected chi connectivity index (χ4v) is 6.59. The molecule has 1 amide bonds. The van der Waals surface area contributed by atoms with E-state index >= 15 is 0 Å². The highest BCUT2D eigenvalue weighted by molar-refractivity contribution is 7.09. The lowest BCUT2D eigenvalue weighted by molar-refractivity contribution is -0.138. The van der Waals surface area contributed by atoms with E-state index in [9.17, 15) is 4.79 Å². The topological polar surface area (TPSA) is 36.4 Å². The first-order chi connectivity index (χ1) is 14.2. The highest BCUT2D eigenvalue weighted by atomic mass is 32.1. The molecule has 154 valence electrons. The van der Waals surface area contributed by atoms with Gasteiger partial charge in [0.2, 0.25) is 5.91 Å². The van der Waals surface area contributed by atoms with Gasteiger partial charge in [-0.15, -0.1) is 11.3 Å². The van der Waals surface area contributed by atoms with Crippen molar-refractivity contribution in [1.82, 2.24) is 14.8 Å². The van der Waals surface area contributed by atoms with Crippen LogP contribution in [-0.2, 0) is 17.6 Å². The number of benzene rings is 1. The van der Waals surface area contributed by atoms with Crippen LogP contribution in [0.25, 0.3) is 0 Å². The third-order valence-corrected chi connectivity index (χ3v) is 8.00. The molecule has 3 aliphatic rings. The summed E-state index contributed by atoms with van der Waals surface area (Å²) in [5, 5.41) is 3.08. The zero-order valence-corrected chi connectivity index (χ0v) is 18.1. The van der Waals surface area contributed by atoms with Gasteiger partial charge in [-0.3, -0.25) is 9.69 Å². The molecule has 2 bridgehead atoms. The van der Waals surface area contributed by atoms with E-state index in [0.29, 0.717) is 30.3 Å². The molecular formula is C24H31N3OS. The van der Waals surface area contributed by atoms with Crippen LogP contribution in [0.1, 0.15) is 41.9 Å². The van der Waals surface area contributed by atoms with Gasteiger partial charge >= 0.3 is 0 Å². The number of thiazole rings is 1. The number of fused-ring (bicyclic) bond motifs is 4. The SMILES string of the molecule is Cc1nc(CC(=O)N2C[C@@H]3C[C@H](C2)[C@@H]2CCC[C@H](Cc4ccccc4)N2C3)cs1. The van der Waals surface area contributed by atoms with Crippen LogP contribution in [0, 0.1) is 18.8 Å². The standard InChI is InChI=1S/C24H31N3OS/c1-17-25-21(16-29-17)12-24(28)26-13-19-10-20(15-26)23-9-5-8-22(27(23)14-19)11-18-6-3-2-4-7-18/h2-4,6-7,16,19-20,22-23H,5,8-15H2,1H3/t19-,20+,22+,23-/m0/s1. The Labute approximate surface area is 177 Å². The molecule has 5 rings (SSSR count). The summed E-state index contributed by atoms with van der Waals surface area (Å²) in [7, 11) is 0. The van der Waals surface area contributed by atoms with Crippen LogP contribution in [0.3, 0.4) is 0 Å². The Morgan fingerprint density at radius 3 is 2.83 bits per heavy atom. The first kappa shape index (κ1) is 19.3. The summed E-state index contributed by atoms with van der Waals surface area (Å²) in [4.78, 5) is 22.4. The normalized spacial score (nSPS) is 29.5. The molecule has 0 aliphatic carbocycles. The molecule has 0 saturated carbocycles. The third kappa shape index (κ3) is 4.13. The zero-order chi connectivity index (χ0) is 19.8. The van der Waals surface area contributed by atoms with Gasteiger partial charge in [0.1, 0.15) is 0 Å². The van der Waals surface area contributed by atoms with Crippen LogP contribution in [0.5, 0.6) is 0 Å². The molecule has 0 N–H and O–H groups in total. The van der Waals surface area contributed by atoms with Crippen molar-refractivity contribution in [3.8, 4) is 0 Å². The number of rotatable bonds is 4. The maximum absolute atomic E-state index is 13.0. The van der Waals surface area contributed by atoms with Crippen LogP contribution < -0.4 is 0 Å². The lowest BCUT2D eigenvalue weighted by atomic mass is 9.74. The van der Waals surface area contributed by atoms with Crippen molar-refractivity contribution < 1.29 is 4.79 Å². The van der Waals surface area contributed by atoms with Crippen molar-refractivity contribution in [2.24, 2.45) is 11.8 Å². The largest absolute Gasteiger partial charge is 0.342 e. The predicted octanol–water partition coefficient (Wildman–Crippen LogP) is 3.94. The molecular weight excluding hydrogens is 378 g/mol. The van der Waals surface area contributed by atoms with Gasteiger partial charge in [-0.05, 0) is 50.0 Å². The summed E-state index contributed by atoms with van der Waals surface area (Å²) in [6.07, 6.45) is 6.88. The number of aromatic nitrogens is 1. The summed E-state index contributed by atoms with van der Waals surface area (Å²) in [5.74, 6) is 1.54. The Kier molecular flexibility index (Phi) is 5.44. The second kappa shape index (κ2) is 8.19. The maximum Gasteiger partial charge on any atom is 0.228 e. The highest BCUT2D eigenvalue weighted by Gasteiger charge is 2.45. The average Bonchev–Trinajstić information content (AvgIpc) is 3.14. The summed E-state index contributed by atoms with van der Waals surface area (Å²) in [6, 6.07) is 12.3. The second-order valence-corrected chi connectivity index (χ2v) is 10.3. The zero-order valence-electron chi connectivity index (χ0n) is 17.3. The lowest BCUT2D eigenvalue weighted by Crippen LogP contribution is -2.62. The van der Waals surface area contributed by atoms with Gasteiger partial charge in [0.25, 0.3) is 0 Å². The van der Waals surface area contributed by atoms with E-state index in [1.54, 1.807) is 11.3 Å². The van der Waals surface area contributed by atoms with Crippen LogP contribution in [0.2, 0.25) is 0 Å². The molecule has 1 aromatic carbocycles. The number of nitrogens with zero attached hydrogens (tertiary/aromatic N) is 3. The van der Waals surface area contributed by atoms with Crippen molar-refractivity contribution in [1.29, 1.82) is 0 Å². The molecule has 1 aromatic heterocycles. The molecule has 0 unspecified atom stereocenters. The van der Waals surface area contributed by atoms with Crippen molar-refractivity contribution in [3.63, 3.8) is 0 Å². The molecule has 4 nitrogen and oxygen atoms in total. The minimum absolute atomic E-state index is 0.273. The van der Waals surface area contributed by atoms with Gasteiger partial charge < -0.3 is 4.90 Å². The fourth-order valence-electron chi connectivity index (χ4n) is 5.98. The number of amides is 1. The van der Waals surface area contributed by atoms with Gasteiger partial charge in [0.05, 0.1) is 17.1 Å². The molecule has 0 radical (unpaired) electrons. The van der Waals surface area contributed by atoms with Crippen LogP contribution in [0.15, 0.2) is 35.7 Å². The first-order valence-corrected chi connectivity index (χ1v) is 12.0. The molecule has 3 fully saturated rings. The minimum atomic E-state index is 0.273. The molecule has 4 heterocycles. The monoisotopic (exact) mass is 409 g/mol. The summed E-state index contributed by atoms with van der Waals surface area (Å²) < 4.78 is 0. The minimum Gasteiger partial charge on any atom is -0.342 e. The molecule has 29 heavy (non-hydrogen) atoms. The van der Waals surface area contributed by atoms with Gasteiger partial charge in [-0.2, -0.15) is 0 Å². The van der Waals surface area contributed by atoms with Gasteiger partial charge in [0.15, 0.2) is 0 Å². The number of aryl methyl sites for hydroxylation is 1. The summed E-state index contributed by atoms with van der Waals surface area (Å²) in [6.45, 7) is 5.04.